The van der Waals surface area contributed by atoms with Crippen molar-refractivity contribution in [2.75, 3.05) is 19.8 Å². The third-order valence-electron chi connectivity index (χ3n) is 3.86. The summed E-state index contributed by atoms with van der Waals surface area (Å²) in [5.41, 5.74) is 0. The molecule has 0 aliphatic heterocycles. The van der Waals surface area contributed by atoms with Gasteiger partial charge < -0.3 is 14.2 Å². The molecule has 0 heterocycles. The number of esters is 1. The minimum Gasteiger partial charge on any atom is -0.466 e. The molecular weight excluding hydrogens is 280 g/mol. The van der Waals surface area contributed by atoms with Gasteiger partial charge in [0.1, 0.15) is 0 Å². The molecule has 4 heteroatoms. The van der Waals surface area contributed by atoms with E-state index in [1.54, 1.807) is 0 Å². The second-order valence-corrected chi connectivity index (χ2v) is 6.34. The molecule has 0 aromatic carbocycles. The molecule has 0 aliphatic rings. The van der Waals surface area contributed by atoms with Gasteiger partial charge in [0.2, 0.25) is 0 Å². The van der Waals surface area contributed by atoms with Crippen molar-refractivity contribution in [3.05, 3.63) is 0 Å². The van der Waals surface area contributed by atoms with Crippen LogP contribution < -0.4 is 0 Å². The summed E-state index contributed by atoms with van der Waals surface area (Å²) in [4.78, 5) is 11.7. The fourth-order valence-electron chi connectivity index (χ4n) is 3.04. The number of carbonyl (C=O) groups is 1. The Kier molecular flexibility index (Phi) is 11.6. The van der Waals surface area contributed by atoms with Crippen LogP contribution in [0.2, 0.25) is 0 Å². The zero-order chi connectivity index (χ0) is 17.1. The fraction of sp³-hybridized carbons (Fsp3) is 0.944. The maximum atomic E-state index is 11.7. The summed E-state index contributed by atoms with van der Waals surface area (Å²) in [5.74, 6) is 0.831. The van der Waals surface area contributed by atoms with Gasteiger partial charge in [-0.2, -0.15) is 0 Å². The van der Waals surface area contributed by atoms with E-state index in [9.17, 15) is 4.79 Å². The highest BCUT2D eigenvalue weighted by Crippen LogP contribution is 2.30. The topological polar surface area (TPSA) is 44.8 Å². The number of rotatable bonds is 12. The summed E-state index contributed by atoms with van der Waals surface area (Å²) in [6.45, 7) is 16.3. The SMILES string of the molecule is CCOC(=O)CCC(C(OCC)C(C)C)C(OCC)C(C)C. The van der Waals surface area contributed by atoms with Crippen LogP contribution in [0.5, 0.6) is 0 Å². The molecule has 0 radical (unpaired) electrons. The first-order valence-electron chi connectivity index (χ1n) is 8.77. The van der Waals surface area contributed by atoms with E-state index in [2.05, 4.69) is 27.7 Å². The average Bonchev–Trinajstić information content (AvgIpc) is 2.44. The summed E-state index contributed by atoms with van der Waals surface area (Å²) >= 11 is 0. The third kappa shape index (κ3) is 7.59. The standard InChI is InChI=1S/C18H36O4/c1-8-20-16(19)12-11-15(17(13(4)5)21-9-2)18(14(6)7)22-10-3/h13-15,17-18H,8-12H2,1-7H3. The predicted molar refractivity (Wildman–Crippen MR) is 89.9 cm³/mol. The van der Waals surface area contributed by atoms with Crippen LogP contribution in [0.4, 0.5) is 0 Å². The molecule has 0 amide bonds. The van der Waals surface area contributed by atoms with Gasteiger partial charge in [0, 0.05) is 25.6 Å². The Morgan fingerprint density at radius 1 is 0.818 bits per heavy atom. The largest absolute Gasteiger partial charge is 0.466 e. The zero-order valence-corrected chi connectivity index (χ0v) is 15.6. The zero-order valence-electron chi connectivity index (χ0n) is 15.6. The van der Waals surface area contributed by atoms with Crippen LogP contribution in [0.1, 0.15) is 61.3 Å². The van der Waals surface area contributed by atoms with Crippen LogP contribution >= 0.6 is 0 Å². The molecule has 0 aliphatic carbocycles. The van der Waals surface area contributed by atoms with Gasteiger partial charge in [0.15, 0.2) is 0 Å². The minimum absolute atomic E-state index is 0.0957. The summed E-state index contributed by atoms with van der Waals surface area (Å²) in [6.07, 6.45) is 1.35. The van der Waals surface area contributed by atoms with Gasteiger partial charge in [-0.15, -0.1) is 0 Å². The Hall–Kier alpha value is -0.610. The molecule has 4 nitrogen and oxygen atoms in total. The van der Waals surface area contributed by atoms with Crippen molar-refractivity contribution in [3.63, 3.8) is 0 Å². The molecular formula is C18H36O4. The van der Waals surface area contributed by atoms with Gasteiger partial charge in [-0.05, 0) is 39.0 Å². The van der Waals surface area contributed by atoms with Crippen LogP contribution in [0.15, 0.2) is 0 Å². The molecule has 0 spiro atoms. The Morgan fingerprint density at radius 2 is 1.27 bits per heavy atom. The Balaban J connectivity index is 5.11. The van der Waals surface area contributed by atoms with E-state index in [4.69, 9.17) is 14.2 Å². The van der Waals surface area contributed by atoms with Crippen molar-refractivity contribution in [1.29, 1.82) is 0 Å². The predicted octanol–water partition coefficient (Wildman–Crippen LogP) is 4.07. The van der Waals surface area contributed by atoms with Gasteiger partial charge in [0.05, 0.1) is 18.8 Å². The molecule has 2 unspecified atom stereocenters. The molecule has 0 N–H and O–H groups in total. The smallest absolute Gasteiger partial charge is 0.305 e. The lowest BCUT2D eigenvalue weighted by Crippen LogP contribution is -2.41. The van der Waals surface area contributed by atoms with Crippen LogP contribution in [0.25, 0.3) is 0 Å². The van der Waals surface area contributed by atoms with Crippen molar-refractivity contribution in [1.82, 2.24) is 0 Å². The monoisotopic (exact) mass is 316 g/mol. The minimum atomic E-state index is -0.134. The van der Waals surface area contributed by atoms with Gasteiger partial charge in [-0.1, -0.05) is 27.7 Å². The van der Waals surface area contributed by atoms with Crippen molar-refractivity contribution in [2.45, 2.75) is 73.5 Å². The first-order valence-corrected chi connectivity index (χ1v) is 8.77. The summed E-state index contributed by atoms with van der Waals surface area (Å²) in [7, 11) is 0. The molecule has 0 saturated carbocycles. The lowest BCUT2D eigenvalue weighted by molar-refractivity contribution is -0.145. The summed E-state index contributed by atoms with van der Waals surface area (Å²) < 4.78 is 17.1. The molecule has 0 aromatic heterocycles. The Bertz CT molecular complexity index is 271. The molecule has 0 fully saturated rings. The average molecular weight is 316 g/mol. The maximum Gasteiger partial charge on any atom is 0.305 e. The molecule has 0 rings (SSSR count). The van der Waals surface area contributed by atoms with E-state index in [-0.39, 0.29) is 24.1 Å². The van der Waals surface area contributed by atoms with E-state index in [1.165, 1.54) is 0 Å². The molecule has 132 valence electrons. The van der Waals surface area contributed by atoms with Crippen LogP contribution in [-0.4, -0.2) is 38.0 Å². The van der Waals surface area contributed by atoms with Gasteiger partial charge in [-0.25, -0.2) is 0 Å². The maximum absolute atomic E-state index is 11.7. The quantitative estimate of drug-likeness (QED) is 0.509. The van der Waals surface area contributed by atoms with Gasteiger partial charge in [0.25, 0.3) is 0 Å². The molecule has 22 heavy (non-hydrogen) atoms. The lowest BCUT2D eigenvalue weighted by Gasteiger charge is -2.37. The van der Waals surface area contributed by atoms with E-state index in [0.29, 0.717) is 38.1 Å². The first kappa shape index (κ1) is 21.4. The second-order valence-electron chi connectivity index (χ2n) is 6.34. The number of ether oxygens (including phenoxy) is 3. The highest BCUT2D eigenvalue weighted by atomic mass is 16.5. The van der Waals surface area contributed by atoms with E-state index in [1.807, 2.05) is 20.8 Å². The Labute approximate surface area is 136 Å². The van der Waals surface area contributed by atoms with Crippen molar-refractivity contribution in [3.8, 4) is 0 Å². The molecule has 0 saturated heterocycles. The summed E-state index contributed by atoms with van der Waals surface area (Å²) in [6, 6.07) is 0. The van der Waals surface area contributed by atoms with E-state index >= 15 is 0 Å². The molecule has 2 atom stereocenters. The van der Waals surface area contributed by atoms with Crippen molar-refractivity contribution in [2.24, 2.45) is 17.8 Å². The van der Waals surface area contributed by atoms with Crippen LogP contribution in [0.3, 0.4) is 0 Å². The normalized spacial score (nSPS) is 15.9. The second kappa shape index (κ2) is 11.9. The summed E-state index contributed by atoms with van der Waals surface area (Å²) in [5, 5.41) is 0. The lowest BCUT2D eigenvalue weighted by atomic mass is 9.81. The van der Waals surface area contributed by atoms with Crippen LogP contribution in [-0.2, 0) is 19.0 Å². The van der Waals surface area contributed by atoms with E-state index in [0.717, 1.165) is 6.42 Å². The van der Waals surface area contributed by atoms with Crippen molar-refractivity contribution >= 4 is 5.97 Å². The molecule has 0 bridgehead atoms. The fourth-order valence-corrected chi connectivity index (χ4v) is 3.04. The highest BCUT2D eigenvalue weighted by molar-refractivity contribution is 5.69. The van der Waals surface area contributed by atoms with Gasteiger partial charge in [-0.3, -0.25) is 4.79 Å². The number of carbonyl (C=O) groups excluding carboxylic acids is 1. The van der Waals surface area contributed by atoms with E-state index < -0.39 is 0 Å². The highest BCUT2D eigenvalue weighted by Gasteiger charge is 2.34. The van der Waals surface area contributed by atoms with Gasteiger partial charge >= 0.3 is 5.97 Å². The molecule has 0 aromatic rings. The third-order valence-corrected chi connectivity index (χ3v) is 3.86. The number of hydrogen-bond acceptors (Lipinski definition) is 4. The number of hydrogen-bond donors (Lipinski definition) is 0. The van der Waals surface area contributed by atoms with Crippen LogP contribution in [0, 0.1) is 17.8 Å². The Morgan fingerprint density at radius 3 is 1.59 bits per heavy atom. The van der Waals surface area contributed by atoms with Crippen molar-refractivity contribution < 1.29 is 19.0 Å². The first-order chi connectivity index (χ1) is 10.4.